The topological polar surface area (TPSA) is 41.6 Å². The molecule has 4 heteroatoms. The zero-order chi connectivity index (χ0) is 12.6. The van der Waals surface area contributed by atoms with E-state index in [1.54, 1.807) is 0 Å². The van der Waals surface area contributed by atoms with Crippen molar-refractivity contribution in [3.8, 4) is 0 Å². The van der Waals surface area contributed by atoms with E-state index in [-0.39, 0.29) is 12.1 Å². The van der Waals surface area contributed by atoms with Gasteiger partial charge in [-0.3, -0.25) is 0 Å². The maximum Gasteiger partial charge on any atom is 0.410 e. The van der Waals surface area contributed by atoms with Crippen LogP contribution in [0.4, 0.5) is 4.79 Å². The second-order valence-corrected chi connectivity index (χ2v) is 6.25. The summed E-state index contributed by atoms with van der Waals surface area (Å²) in [5.41, 5.74) is -0.404. The van der Waals surface area contributed by atoms with Gasteiger partial charge in [0.15, 0.2) is 0 Å². The second kappa shape index (κ2) is 4.48. The number of likely N-dealkylation sites (tertiary alicyclic amines) is 1. The van der Waals surface area contributed by atoms with Crippen molar-refractivity contribution in [3.63, 3.8) is 0 Å². The van der Waals surface area contributed by atoms with Gasteiger partial charge in [-0.1, -0.05) is 0 Å². The van der Waals surface area contributed by atoms with Crippen LogP contribution in [0.15, 0.2) is 0 Å². The molecule has 1 aliphatic heterocycles. The number of carbonyl (C=O) groups is 1. The highest BCUT2D eigenvalue weighted by Gasteiger charge is 2.38. The molecular weight excluding hydrogens is 216 g/mol. The molecule has 2 aliphatic rings. The van der Waals surface area contributed by atoms with Gasteiger partial charge in [0, 0.05) is 24.7 Å². The van der Waals surface area contributed by atoms with E-state index >= 15 is 0 Å². The van der Waals surface area contributed by atoms with Crippen molar-refractivity contribution >= 4 is 6.09 Å². The van der Waals surface area contributed by atoms with E-state index in [0.29, 0.717) is 12.1 Å². The highest BCUT2D eigenvalue weighted by Crippen LogP contribution is 2.26. The van der Waals surface area contributed by atoms with Crippen molar-refractivity contribution in [2.45, 2.75) is 70.7 Å². The quantitative estimate of drug-likeness (QED) is 0.804. The number of hydrogen-bond acceptors (Lipinski definition) is 3. The second-order valence-electron chi connectivity index (χ2n) is 6.25. The molecule has 0 aromatic carbocycles. The molecule has 1 aliphatic carbocycles. The van der Waals surface area contributed by atoms with Crippen molar-refractivity contribution in [1.29, 1.82) is 0 Å². The number of carbonyl (C=O) groups excluding carboxylic acids is 1. The highest BCUT2D eigenvalue weighted by atomic mass is 16.6. The van der Waals surface area contributed by atoms with Crippen LogP contribution in [0.1, 0.15) is 47.0 Å². The summed E-state index contributed by atoms with van der Waals surface area (Å²) in [5, 5.41) is 3.60. The molecule has 0 aromatic heterocycles. The molecule has 1 heterocycles. The van der Waals surface area contributed by atoms with Crippen LogP contribution >= 0.6 is 0 Å². The standard InChI is InChI=1S/C13H24N2O2/c1-9-11(14-10-5-6-10)7-8-15(9)12(16)17-13(2,3)4/h9-11,14H,5-8H2,1-4H3. The molecule has 2 unspecified atom stereocenters. The van der Waals surface area contributed by atoms with Gasteiger partial charge in [-0.2, -0.15) is 0 Å². The highest BCUT2D eigenvalue weighted by molar-refractivity contribution is 5.69. The third-order valence-electron chi connectivity index (χ3n) is 3.41. The summed E-state index contributed by atoms with van der Waals surface area (Å²) in [6.45, 7) is 8.64. The first kappa shape index (κ1) is 12.7. The molecule has 1 amide bonds. The molecule has 1 saturated heterocycles. The Hall–Kier alpha value is -0.770. The van der Waals surface area contributed by atoms with Crippen molar-refractivity contribution in [2.75, 3.05) is 6.54 Å². The SMILES string of the molecule is CC1C(NC2CC2)CCN1C(=O)OC(C)(C)C. The van der Waals surface area contributed by atoms with Crippen LogP contribution in [-0.2, 0) is 4.74 Å². The fourth-order valence-electron chi connectivity index (χ4n) is 2.29. The molecule has 0 aromatic rings. The Labute approximate surface area is 104 Å². The lowest BCUT2D eigenvalue weighted by atomic mass is 10.1. The van der Waals surface area contributed by atoms with Crippen molar-refractivity contribution in [2.24, 2.45) is 0 Å². The summed E-state index contributed by atoms with van der Waals surface area (Å²) < 4.78 is 5.42. The van der Waals surface area contributed by atoms with Gasteiger partial charge in [0.2, 0.25) is 0 Å². The van der Waals surface area contributed by atoms with E-state index in [2.05, 4.69) is 12.2 Å². The molecule has 0 spiro atoms. The Bertz CT molecular complexity index is 294. The molecule has 17 heavy (non-hydrogen) atoms. The van der Waals surface area contributed by atoms with Crippen LogP contribution in [0.5, 0.6) is 0 Å². The van der Waals surface area contributed by atoms with Crippen LogP contribution in [0.25, 0.3) is 0 Å². The molecule has 1 saturated carbocycles. The zero-order valence-electron chi connectivity index (χ0n) is 11.3. The van der Waals surface area contributed by atoms with Gasteiger partial charge >= 0.3 is 6.09 Å². The van der Waals surface area contributed by atoms with E-state index in [0.717, 1.165) is 13.0 Å². The molecule has 4 nitrogen and oxygen atoms in total. The first-order chi connectivity index (χ1) is 7.87. The molecule has 0 radical (unpaired) electrons. The first-order valence-corrected chi connectivity index (χ1v) is 6.62. The van der Waals surface area contributed by atoms with Gasteiger partial charge in [0.25, 0.3) is 0 Å². The number of rotatable bonds is 2. The third kappa shape index (κ3) is 3.35. The Balaban J connectivity index is 1.87. The van der Waals surface area contributed by atoms with Crippen molar-refractivity contribution in [3.05, 3.63) is 0 Å². The van der Waals surface area contributed by atoms with Gasteiger partial charge in [0.1, 0.15) is 5.60 Å². The van der Waals surface area contributed by atoms with Crippen molar-refractivity contribution in [1.82, 2.24) is 10.2 Å². The van der Waals surface area contributed by atoms with Crippen molar-refractivity contribution < 1.29 is 9.53 Å². The Morgan fingerprint density at radius 2 is 1.94 bits per heavy atom. The molecule has 2 atom stereocenters. The maximum atomic E-state index is 12.0. The number of hydrogen-bond donors (Lipinski definition) is 1. The summed E-state index contributed by atoms with van der Waals surface area (Å²) in [5.74, 6) is 0. The largest absolute Gasteiger partial charge is 0.444 e. The molecule has 1 N–H and O–H groups in total. The average molecular weight is 240 g/mol. The minimum Gasteiger partial charge on any atom is -0.444 e. The van der Waals surface area contributed by atoms with Gasteiger partial charge in [-0.05, 0) is 47.0 Å². The molecule has 2 fully saturated rings. The fraction of sp³-hybridized carbons (Fsp3) is 0.923. The first-order valence-electron chi connectivity index (χ1n) is 6.62. The molecule has 2 rings (SSSR count). The van der Waals surface area contributed by atoms with Gasteiger partial charge in [-0.15, -0.1) is 0 Å². The van der Waals surface area contributed by atoms with Gasteiger partial charge in [-0.25, -0.2) is 4.79 Å². The van der Waals surface area contributed by atoms with Gasteiger partial charge < -0.3 is 15.0 Å². The lowest BCUT2D eigenvalue weighted by Gasteiger charge is -2.28. The Morgan fingerprint density at radius 1 is 1.29 bits per heavy atom. The van der Waals surface area contributed by atoms with E-state index < -0.39 is 5.60 Å². The summed E-state index contributed by atoms with van der Waals surface area (Å²) in [6.07, 6.45) is 3.44. The number of nitrogens with zero attached hydrogens (tertiary/aromatic N) is 1. The smallest absolute Gasteiger partial charge is 0.410 e. The summed E-state index contributed by atoms with van der Waals surface area (Å²) >= 11 is 0. The van der Waals surface area contributed by atoms with Crippen LogP contribution in [-0.4, -0.2) is 41.3 Å². The fourth-order valence-corrected chi connectivity index (χ4v) is 2.29. The Morgan fingerprint density at radius 3 is 2.47 bits per heavy atom. The summed E-state index contributed by atoms with van der Waals surface area (Å²) in [4.78, 5) is 13.8. The monoisotopic (exact) mass is 240 g/mol. The molecule has 98 valence electrons. The third-order valence-corrected chi connectivity index (χ3v) is 3.41. The number of ether oxygens (including phenoxy) is 1. The predicted molar refractivity (Wildman–Crippen MR) is 67.0 cm³/mol. The normalized spacial score (nSPS) is 29.5. The lowest BCUT2D eigenvalue weighted by molar-refractivity contribution is 0.0229. The van der Waals surface area contributed by atoms with Gasteiger partial charge in [0.05, 0.1) is 0 Å². The minimum absolute atomic E-state index is 0.176. The summed E-state index contributed by atoms with van der Waals surface area (Å²) in [7, 11) is 0. The van der Waals surface area contributed by atoms with Crippen LogP contribution in [0.2, 0.25) is 0 Å². The lowest BCUT2D eigenvalue weighted by Crippen LogP contribution is -2.45. The van der Waals surface area contributed by atoms with Crippen LogP contribution < -0.4 is 5.32 Å². The minimum atomic E-state index is -0.404. The molecular formula is C13H24N2O2. The summed E-state index contributed by atoms with van der Waals surface area (Å²) in [6, 6.07) is 1.38. The van der Waals surface area contributed by atoms with E-state index in [4.69, 9.17) is 4.74 Å². The maximum absolute atomic E-state index is 12.0. The number of amides is 1. The predicted octanol–water partition coefficient (Wildman–Crippen LogP) is 2.14. The molecule has 0 bridgehead atoms. The number of nitrogens with one attached hydrogen (secondary N) is 1. The Kier molecular flexibility index (Phi) is 3.34. The van der Waals surface area contributed by atoms with Crippen LogP contribution in [0.3, 0.4) is 0 Å². The average Bonchev–Trinajstić information content (AvgIpc) is 2.90. The van der Waals surface area contributed by atoms with E-state index in [9.17, 15) is 4.79 Å². The van der Waals surface area contributed by atoms with E-state index in [1.165, 1.54) is 12.8 Å². The zero-order valence-corrected chi connectivity index (χ0v) is 11.3. The van der Waals surface area contributed by atoms with Crippen LogP contribution in [0, 0.1) is 0 Å². The van der Waals surface area contributed by atoms with E-state index in [1.807, 2.05) is 25.7 Å².